The first-order valence-corrected chi connectivity index (χ1v) is 6.52. The van der Waals surface area contributed by atoms with E-state index in [-0.39, 0.29) is 5.91 Å². The SMILES string of the molecule is CC1(CNC(=O)c2ccc(C#CCN)s2)CC1. The predicted molar refractivity (Wildman–Crippen MR) is 69.9 cm³/mol. The lowest BCUT2D eigenvalue weighted by Crippen LogP contribution is -2.28. The lowest BCUT2D eigenvalue weighted by atomic mass is 10.1. The minimum atomic E-state index is 0.00363. The van der Waals surface area contributed by atoms with Gasteiger partial charge in [-0.2, -0.15) is 0 Å². The van der Waals surface area contributed by atoms with Crippen LogP contribution in [0.4, 0.5) is 0 Å². The number of nitrogens with two attached hydrogens (primary N) is 1. The largest absolute Gasteiger partial charge is 0.351 e. The monoisotopic (exact) mass is 248 g/mol. The Balaban J connectivity index is 1.92. The third kappa shape index (κ3) is 3.32. The predicted octanol–water partition coefficient (Wildman–Crippen LogP) is 1.59. The zero-order valence-electron chi connectivity index (χ0n) is 9.88. The van der Waals surface area contributed by atoms with Crippen molar-refractivity contribution >= 4 is 17.2 Å². The van der Waals surface area contributed by atoms with Gasteiger partial charge >= 0.3 is 0 Å². The number of rotatable bonds is 3. The van der Waals surface area contributed by atoms with E-state index in [1.807, 2.05) is 12.1 Å². The summed E-state index contributed by atoms with van der Waals surface area (Å²) in [4.78, 5) is 13.4. The van der Waals surface area contributed by atoms with Crippen molar-refractivity contribution in [1.29, 1.82) is 0 Å². The molecule has 0 aromatic carbocycles. The maximum atomic E-state index is 11.8. The smallest absolute Gasteiger partial charge is 0.261 e. The Labute approximate surface area is 105 Å². The normalized spacial score (nSPS) is 15.9. The van der Waals surface area contributed by atoms with Crippen LogP contribution >= 0.6 is 11.3 Å². The van der Waals surface area contributed by atoms with Gasteiger partial charge in [-0.1, -0.05) is 18.8 Å². The highest BCUT2D eigenvalue weighted by Gasteiger charge is 2.37. The molecule has 0 radical (unpaired) electrons. The molecule has 0 spiro atoms. The number of nitrogens with one attached hydrogen (secondary N) is 1. The van der Waals surface area contributed by atoms with Gasteiger partial charge in [-0.15, -0.1) is 11.3 Å². The van der Waals surface area contributed by atoms with Gasteiger partial charge in [-0.3, -0.25) is 4.79 Å². The van der Waals surface area contributed by atoms with Crippen molar-refractivity contribution in [3.8, 4) is 11.8 Å². The zero-order chi connectivity index (χ0) is 12.3. The molecule has 17 heavy (non-hydrogen) atoms. The second-order valence-corrected chi connectivity index (χ2v) is 5.75. The zero-order valence-corrected chi connectivity index (χ0v) is 10.7. The van der Waals surface area contributed by atoms with Gasteiger partial charge in [0.25, 0.3) is 5.91 Å². The molecular formula is C13H16N2OS. The van der Waals surface area contributed by atoms with Gasteiger partial charge in [0, 0.05) is 6.54 Å². The van der Waals surface area contributed by atoms with Crippen LogP contribution in [0.15, 0.2) is 12.1 Å². The molecule has 1 aliphatic carbocycles. The lowest BCUT2D eigenvalue weighted by molar-refractivity contribution is 0.0950. The molecule has 1 fully saturated rings. The summed E-state index contributed by atoms with van der Waals surface area (Å²) >= 11 is 1.41. The van der Waals surface area contributed by atoms with Gasteiger partial charge in [-0.05, 0) is 30.4 Å². The van der Waals surface area contributed by atoms with Crippen LogP contribution in [-0.4, -0.2) is 19.0 Å². The van der Waals surface area contributed by atoms with Gasteiger partial charge in [0.15, 0.2) is 0 Å². The molecule has 1 saturated carbocycles. The summed E-state index contributed by atoms with van der Waals surface area (Å²) in [5.41, 5.74) is 5.64. The van der Waals surface area contributed by atoms with Crippen LogP contribution in [0.3, 0.4) is 0 Å². The van der Waals surface area contributed by atoms with E-state index in [0.29, 0.717) is 12.0 Å². The fraction of sp³-hybridized carbons (Fsp3) is 0.462. The quantitative estimate of drug-likeness (QED) is 0.798. The van der Waals surface area contributed by atoms with Crippen LogP contribution in [0.25, 0.3) is 0 Å². The molecule has 1 heterocycles. The first kappa shape index (κ1) is 12.2. The summed E-state index contributed by atoms with van der Waals surface area (Å²) in [6.45, 7) is 3.31. The summed E-state index contributed by atoms with van der Waals surface area (Å²) in [7, 11) is 0. The van der Waals surface area contributed by atoms with E-state index in [4.69, 9.17) is 5.73 Å². The second kappa shape index (κ2) is 4.91. The number of amides is 1. The first-order chi connectivity index (χ1) is 8.13. The van der Waals surface area contributed by atoms with E-state index in [0.717, 1.165) is 16.3 Å². The maximum absolute atomic E-state index is 11.8. The van der Waals surface area contributed by atoms with Crippen LogP contribution < -0.4 is 11.1 Å². The molecule has 0 bridgehead atoms. The Morgan fingerprint density at radius 3 is 3.00 bits per heavy atom. The summed E-state index contributed by atoms with van der Waals surface area (Å²) in [6, 6.07) is 3.68. The molecule has 4 heteroatoms. The Kier molecular flexibility index (Phi) is 3.51. The standard InChI is InChI=1S/C13H16N2OS/c1-13(6-7-13)9-15-12(16)11-5-4-10(17-11)3-2-8-14/h4-5H,6-9,14H2,1H3,(H,15,16). The van der Waals surface area contributed by atoms with Crippen molar-refractivity contribution in [3.63, 3.8) is 0 Å². The minimum absolute atomic E-state index is 0.00363. The summed E-state index contributed by atoms with van der Waals surface area (Å²) < 4.78 is 0. The molecule has 1 aliphatic rings. The van der Waals surface area contributed by atoms with Crippen LogP contribution in [-0.2, 0) is 0 Å². The van der Waals surface area contributed by atoms with Crippen LogP contribution in [0.5, 0.6) is 0 Å². The average Bonchev–Trinajstić information content (AvgIpc) is 2.88. The van der Waals surface area contributed by atoms with Gasteiger partial charge in [0.2, 0.25) is 0 Å². The topological polar surface area (TPSA) is 55.1 Å². The third-order valence-corrected chi connectivity index (χ3v) is 3.92. The minimum Gasteiger partial charge on any atom is -0.351 e. The highest BCUT2D eigenvalue weighted by Crippen LogP contribution is 2.44. The third-order valence-electron chi connectivity index (χ3n) is 2.92. The number of thiophene rings is 1. The molecule has 2 rings (SSSR count). The summed E-state index contributed by atoms with van der Waals surface area (Å²) in [5, 5.41) is 2.97. The van der Waals surface area contributed by atoms with E-state index < -0.39 is 0 Å². The molecule has 90 valence electrons. The Hall–Kier alpha value is -1.31. The van der Waals surface area contributed by atoms with Crippen molar-refractivity contribution < 1.29 is 4.79 Å². The second-order valence-electron chi connectivity index (χ2n) is 4.66. The van der Waals surface area contributed by atoms with Crippen LogP contribution in [0.1, 0.15) is 34.3 Å². The lowest BCUT2D eigenvalue weighted by Gasteiger charge is -2.08. The fourth-order valence-corrected chi connectivity index (χ4v) is 2.23. The van der Waals surface area contributed by atoms with E-state index in [1.54, 1.807) is 0 Å². The summed E-state index contributed by atoms with van der Waals surface area (Å²) in [5.74, 6) is 5.71. The van der Waals surface area contributed by atoms with Crippen molar-refractivity contribution in [3.05, 3.63) is 21.9 Å². The van der Waals surface area contributed by atoms with Gasteiger partial charge < -0.3 is 11.1 Å². The van der Waals surface area contributed by atoms with Crippen molar-refractivity contribution in [2.24, 2.45) is 11.1 Å². The molecule has 0 aliphatic heterocycles. The van der Waals surface area contributed by atoms with Crippen molar-refractivity contribution in [2.45, 2.75) is 19.8 Å². The molecule has 3 N–H and O–H groups in total. The first-order valence-electron chi connectivity index (χ1n) is 5.70. The molecular weight excluding hydrogens is 232 g/mol. The fourth-order valence-electron chi connectivity index (χ4n) is 1.44. The Bertz CT molecular complexity index is 477. The molecule has 0 unspecified atom stereocenters. The highest BCUT2D eigenvalue weighted by molar-refractivity contribution is 7.14. The average molecular weight is 248 g/mol. The molecule has 0 atom stereocenters. The molecule has 0 saturated heterocycles. The van der Waals surface area contributed by atoms with Crippen molar-refractivity contribution in [1.82, 2.24) is 5.32 Å². The molecule has 1 aromatic heterocycles. The van der Waals surface area contributed by atoms with Gasteiger partial charge in [0.05, 0.1) is 16.3 Å². The van der Waals surface area contributed by atoms with E-state index in [2.05, 4.69) is 24.1 Å². The van der Waals surface area contributed by atoms with Crippen molar-refractivity contribution in [2.75, 3.05) is 13.1 Å². The van der Waals surface area contributed by atoms with Crippen LogP contribution in [0, 0.1) is 17.3 Å². The Morgan fingerprint density at radius 2 is 2.35 bits per heavy atom. The molecule has 1 amide bonds. The van der Waals surface area contributed by atoms with E-state index in [9.17, 15) is 4.79 Å². The highest BCUT2D eigenvalue weighted by atomic mass is 32.1. The number of carbonyl (C=O) groups is 1. The number of carbonyl (C=O) groups excluding carboxylic acids is 1. The Morgan fingerprint density at radius 1 is 1.59 bits per heavy atom. The molecule has 3 nitrogen and oxygen atoms in total. The number of hydrogen-bond acceptors (Lipinski definition) is 3. The molecule has 1 aromatic rings. The van der Waals surface area contributed by atoms with E-state index >= 15 is 0 Å². The number of hydrogen-bond donors (Lipinski definition) is 2. The van der Waals surface area contributed by atoms with Gasteiger partial charge in [-0.25, -0.2) is 0 Å². The van der Waals surface area contributed by atoms with E-state index in [1.165, 1.54) is 24.2 Å². The van der Waals surface area contributed by atoms with Gasteiger partial charge in [0.1, 0.15) is 0 Å². The maximum Gasteiger partial charge on any atom is 0.261 e. The summed E-state index contributed by atoms with van der Waals surface area (Å²) in [6.07, 6.45) is 2.43. The van der Waals surface area contributed by atoms with Crippen LogP contribution in [0.2, 0.25) is 0 Å².